The van der Waals surface area contributed by atoms with Gasteiger partial charge in [0.1, 0.15) is 5.75 Å². The molecule has 7 nitrogen and oxygen atoms in total. The van der Waals surface area contributed by atoms with E-state index >= 15 is 0 Å². The Labute approximate surface area is 157 Å². The maximum absolute atomic E-state index is 5.55. The van der Waals surface area contributed by atoms with Crippen LogP contribution in [0.3, 0.4) is 0 Å². The van der Waals surface area contributed by atoms with Gasteiger partial charge in [0, 0.05) is 18.5 Å². The highest BCUT2D eigenvalue weighted by Gasteiger charge is 2.16. The lowest BCUT2D eigenvalue weighted by Crippen LogP contribution is -2.09. The third kappa shape index (κ3) is 3.48. The zero-order chi connectivity index (χ0) is 18.6. The molecule has 0 aliphatic heterocycles. The second kappa shape index (κ2) is 7.49. The molecule has 138 valence electrons. The van der Waals surface area contributed by atoms with Gasteiger partial charge < -0.3 is 14.5 Å². The first kappa shape index (κ1) is 17.1. The Morgan fingerprint density at radius 3 is 2.70 bits per heavy atom. The summed E-state index contributed by atoms with van der Waals surface area (Å²) in [6.45, 7) is 2.91. The predicted molar refractivity (Wildman–Crippen MR) is 103 cm³/mol. The molecule has 27 heavy (non-hydrogen) atoms. The van der Waals surface area contributed by atoms with Gasteiger partial charge in [-0.3, -0.25) is 0 Å². The van der Waals surface area contributed by atoms with Crippen molar-refractivity contribution in [3.63, 3.8) is 0 Å². The van der Waals surface area contributed by atoms with E-state index in [2.05, 4.69) is 27.3 Å². The summed E-state index contributed by atoms with van der Waals surface area (Å²) in [4.78, 5) is 9.28. The van der Waals surface area contributed by atoms with E-state index in [0.717, 1.165) is 41.9 Å². The number of rotatable bonds is 7. The third-order valence-corrected chi connectivity index (χ3v) is 4.27. The van der Waals surface area contributed by atoms with Crippen molar-refractivity contribution in [2.45, 2.75) is 19.8 Å². The Morgan fingerprint density at radius 1 is 1.15 bits per heavy atom. The summed E-state index contributed by atoms with van der Waals surface area (Å²) in [6.07, 6.45) is 5.17. The van der Waals surface area contributed by atoms with Gasteiger partial charge in [0.15, 0.2) is 11.4 Å². The van der Waals surface area contributed by atoms with Gasteiger partial charge in [0.2, 0.25) is 11.8 Å². The van der Waals surface area contributed by atoms with Crippen LogP contribution in [0.2, 0.25) is 0 Å². The molecule has 7 heteroatoms. The quantitative estimate of drug-likeness (QED) is 0.538. The molecule has 0 saturated heterocycles. The lowest BCUT2D eigenvalue weighted by atomic mass is 10.1. The molecule has 0 radical (unpaired) electrons. The van der Waals surface area contributed by atoms with Crippen molar-refractivity contribution in [1.82, 2.24) is 19.6 Å². The fourth-order valence-electron chi connectivity index (χ4n) is 2.89. The van der Waals surface area contributed by atoms with Crippen molar-refractivity contribution in [3.05, 3.63) is 60.0 Å². The van der Waals surface area contributed by atoms with Crippen LogP contribution in [0.25, 0.3) is 17.2 Å². The van der Waals surface area contributed by atoms with E-state index in [1.54, 1.807) is 17.9 Å². The van der Waals surface area contributed by atoms with Crippen molar-refractivity contribution in [1.29, 1.82) is 0 Å². The molecule has 3 aromatic heterocycles. The van der Waals surface area contributed by atoms with Gasteiger partial charge in [-0.1, -0.05) is 19.1 Å². The Morgan fingerprint density at radius 2 is 2.00 bits per heavy atom. The van der Waals surface area contributed by atoms with Gasteiger partial charge in [-0.15, -0.1) is 0 Å². The van der Waals surface area contributed by atoms with E-state index in [0.29, 0.717) is 17.5 Å². The lowest BCUT2D eigenvalue weighted by Gasteiger charge is -2.08. The average Bonchev–Trinajstić information content (AvgIpc) is 3.37. The number of furan rings is 1. The number of fused-ring (bicyclic) bond motifs is 1. The average molecular weight is 363 g/mol. The summed E-state index contributed by atoms with van der Waals surface area (Å²) >= 11 is 0. The number of anilines is 1. The SMILES string of the molecule is CCCNc1nc(-c2ccco2)n2ncc(Cc3ccc(OC)cc3)c2n1. The van der Waals surface area contributed by atoms with Crippen molar-refractivity contribution in [2.24, 2.45) is 0 Å². The molecule has 0 spiro atoms. The van der Waals surface area contributed by atoms with Crippen molar-refractivity contribution >= 4 is 11.6 Å². The Kier molecular flexibility index (Phi) is 4.74. The minimum absolute atomic E-state index is 0.576. The second-order valence-electron chi connectivity index (χ2n) is 6.20. The van der Waals surface area contributed by atoms with E-state index in [1.165, 1.54) is 0 Å². The summed E-state index contributed by atoms with van der Waals surface area (Å²) in [5.41, 5.74) is 2.95. The zero-order valence-corrected chi connectivity index (χ0v) is 15.3. The molecule has 0 aliphatic carbocycles. The molecule has 0 fully saturated rings. The van der Waals surface area contributed by atoms with E-state index < -0.39 is 0 Å². The first-order valence-corrected chi connectivity index (χ1v) is 8.94. The van der Waals surface area contributed by atoms with Crippen LogP contribution in [0.5, 0.6) is 5.75 Å². The Hall–Kier alpha value is -3.35. The van der Waals surface area contributed by atoms with Gasteiger partial charge in [-0.2, -0.15) is 19.6 Å². The van der Waals surface area contributed by atoms with E-state index in [9.17, 15) is 0 Å². The molecule has 0 amide bonds. The van der Waals surface area contributed by atoms with Crippen LogP contribution in [0.15, 0.2) is 53.3 Å². The van der Waals surface area contributed by atoms with Crippen molar-refractivity contribution < 1.29 is 9.15 Å². The monoisotopic (exact) mass is 363 g/mol. The molecule has 0 unspecified atom stereocenters. The molecule has 3 heterocycles. The highest BCUT2D eigenvalue weighted by Crippen LogP contribution is 2.23. The van der Waals surface area contributed by atoms with Crippen LogP contribution < -0.4 is 10.1 Å². The number of hydrogen-bond donors (Lipinski definition) is 1. The molecule has 0 bridgehead atoms. The second-order valence-corrected chi connectivity index (χ2v) is 6.20. The minimum atomic E-state index is 0.576. The molecule has 0 atom stereocenters. The molecule has 4 aromatic rings. The first-order valence-electron chi connectivity index (χ1n) is 8.94. The fraction of sp³-hybridized carbons (Fsp3) is 0.250. The van der Waals surface area contributed by atoms with Crippen LogP contribution in [0.1, 0.15) is 24.5 Å². The highest BCUT2D eigenvalue weighted by atomic mass is 16.5. The van der Waals surface area contributed by atoms with Crippen LogP contribution in [-0.4, -0.2) is 33.2 Å². The van der Waals surface area contributed by atoms with E-state index in [-0.39, 0.29) is 0 Å². The number of aromatic nitrogens is 4. The van der Waals surface area contributed by atoms with Crippen molar-refractivity contribution in [2.75, 3.05) is 19.0 Å². The van der Waals surface area contributed by atoms with Crippen LogP contribution in [0, 0.1) is 0 Å². The molecular formula is C20H21N5O2. The van der Waals surface area contributed by atoms with Gasteiger partial charge in [-0.25, -0.2) is 0 Å². The molecule has 4 rings (SSSR count). The summed E-state index contributed by atoms with van der Waals surface area (Å²) < 4.78 is 12.5. The molecular weight excluding hydrogens is 342 g/mol. The molecule has 1 N–H and O–H groups in total. The summed E-state index contributed by atoms with van der Waals surface area (Å²) in [5, 5.41) is 7.77. The lowest BCUT2D eigenvalue weighted by molar-refractivity contribution is 0.414. The largest absolute Gasteiger partial charge is 0.497 e. The van der Waals surface area contributed by atoms with Crippen LogP contribution >= 0.6 is 0 Å². The van der Waals surface area contributed by atoms with Gasteiger partial charge in [-0.05, 0) is 36.2 Å². The number of hydrogen-bond acceptors (Lipinski definition) is 6. The number of nitrogens with one attached hydrogen (secondary N) is 1. The maximum atomic E-state index is 5.55. The topological polar surface area (TPSA) is 77.5 Å². The number of benzene rings is 1. The van der Waals surface area contributed by atoms with E-state index in [4.69, 9.17) is 9.15 Å². The molecule has 1 aromatic carbocycles. The first-order chi connectivity index (χ1) is 13.3. The fourth-order valence-corrected chi connectivity index (χ4v) is 2.89. The van der Waals surface area contributed by atoms with Crippen LogP contribution in [-0.2, 0) is 6.42 Å². The summed E-state index contributed by atoms with van der Waals surface area (Å²) in [6, 6.07) is 11.7. The predicted octanol–water partition coefficient (Wildman–Crippen LogP) is 3.81. The van der Waals surface area contributed by atoms with Crippen molar-refractivity contribution in [3.8, 4) is 17.3 Å². The number of nitrogens with zero attached hydrogens (tertiary/aromatic N) is 4. The Bertz CT molecular complexity index is 1020. The smallest absolute Gasteiger partial charge is 0.226 e. The maximum Gasteiger partial charge on any atom is 0.226 e. The normalized spacial score (nSPS) is 11.0. The number of ether oxygens (including phenoxy) is 1. The van der Waals surface area contributed by atoms with Crippen LogP contribution in [0.4, 0.5) is 5.95 Å². The van der Waals surface area contributed by atoms with Gasteiger partial charge in [0.25, 0.3) is 0 Å². The standard InChI is InChI=1S/C20H21N5O2/c1-3-10-21-20-23-18-15(12-14-6-8-16(26-2)9-7-14)13-22-25(18)19(24-20)17-5-4-11-27-17/h4-9,11,13H,3,10,12H2,1-2H3,(H,21,23). The van der Waals surface area contributed by atoms with E-state index in [1.807, 2.05) is 42.6 Å². The Balaban J connectivity index is 1.76. The summed E-state index contributed by atoms with van der Waals surface area (Å²) in [5.74, 6) is 2.70. The summed E-state index contributed by atoms with van der Waals surface area (Å²) in [7, 11) is 1.66. The molecule has 0 aliphatic rings. The molecule has 0 saturated carbocycles. The minimum Gasteiger partial charge on any atom is -0.497 e. The third-order valence-electron chi connectivity index (χ3n) is 4.27. The zero-order valence-electron chi connectivity index (χ0n) is 15.3. The van der Waals surface area contributed by atoms with Gasteiger partial charge >= 0.3 is 0 Å². The van der Waals surface area contributed by atoms with Gasteiger partial charge in [0.05, 0.1) is 19.6 Å². The highest BCUT2D eigenvalue weighted by molar-refractivity contribution is 5.59. The number of methoxy groups -OCH3 is 1.